The second kappa shape index (κ2) is 6.95. The van der Waals surface area contributed by atoms with Gasteiger partial charge in [0.2, 0.25) is 5.91 Å². The topological polar surface area (TPSA) is 58.4 Å². The maximum absolute atomic E-state index is 11.7. The third-order valence-electron chi connectivity index (χ3n) is 3.15. The first kappa shape index (κ1) is 15.1. The van der Waals surface area contributed by atoms with Crippen LogP contribution < -0.4 is 16.0 Å². The van der Waals surface area contributed by atoms with Crippen LogP contribution in [0.4, 0.5) is 5.69 Å². The first-order chi connectivity index (χ1) is 9.63. The second-order valence-corrected chi connectivity index (χ2v) is 6.32. The van der Waals surface area contributed by atoms with Crippen molar-refractivity contribution in [3.8, 4) is 0 Å². The number of thiocarbonyl (C=S) groups is 1. The van der Waals surface area contributed by atoms with Crippen LogP contribution >= 0.6 is 24.0 Å². The van der Waals surface area contributed by atoms with Crippen molar-refractivity contribution >= 4 is 40.6 Å². The van der Waals surface area contributed by atoms with E-state index in [9.17, 15) is 4.79 Å². The average molecular weight is 309 g/mol. The Hall–Kier alpha value is -1.27. The van der Waals surface area contributed by atoms with Crippen molar-refractivity contribution < 1.29 is 4.79 Å². The number of thioether (sulfide) groups is 1. The van der Waals surface area contributed by atoms with Crippen LogP contribution in [0.2, 0.25) is 0 Å². The van der Waals surface area contributed by atoms with Crippen molar-refractivity contribution in [2.24, 2.45) is 5.73 Å². The summed E-state index contributed by atoms with van der Waals surface area (Å²) in [6.07, 6.45) is 0.924. The number of hydrogen-bond acceptors (Lipinski definition) is 4. The molecule has 0 bridgehead atoms. The number of nitrogens with one attached hydrogen (secondary N) is 1. The molecule has 3 N–H and O–H groups in total. The van der Waals surface area contributed by atoms with Crippen LogP contribution in [0.3, 0.4) is 0 Å². The van der Waals surface area contributed by atoms with Crippen molar-refractivity contribution in [3.63, 3.8) is 0 Å². The number of nitrogens with zero attached hydrogens (tertiary/aromatic N) is 1. The minimum absolute atomic E-state index is 0.0462. The van der Waals surface area contributed by atoms with Crippen LogP contribution in [0.5, 0.6) is 0 Å². The molecule has 108 valence electrons. The average Bonchev–Trinajstić information content (AvgIpc) is 2.63. The molecule has 1 amide bonds. The molecule has 0 unspecified atom stereocenters. The van der Waals surface area contributed by atoms with Gasteiger partial charge in [-0.05, 0) is 24.3 Å². The number of nitrogens with two attached hydrogens (primary N) is 1. The van der Waals surface area contributed by atoms with Crippen molar-refractivity contribution in [3.05, 3.63) is 23.8 Å². The highest BCUT2D eigenvalue weighted by Crippen LogP contribution is 2.31. The molecule has 1 aliphatic heterocycles. The van der Waals surface area contributed by atoms with Crippen LogP contribution in [-0.4, -0.2) is 36.3 Å². The molecule has 0 aromatic heterocycles. The van der Waals surface area contributed by atoms with Crippen LogP contribution in [0.25, 0.3) is 0 Å². The van der Waals surface area contributed by atoms with E-state index in [1.807, 2.05) is 18.2 Å². The summed E-state index contributed by atoms with van der Waals surface area (Å²) < 4.78 is 0. The third kappa shape index (κ3) is 3.43. The molecule has 1 heterocycles. The zero-order valence-electron chi connectivity index (χ0n) is 11.5. The molecule has 2 rings (SSSR count). The molecule has 0 spiro atoms. The van der Waals surface area contributed by atoms with Gasteiger partial charge in [0, 0.05) is 29.2 Å². The van der Waals surface area contributed by atoms with Crippen molar-refractivity contribution in [2.75, 3.05) is 30.3 Å². The molecular formula is C14H19N3OS2. The number of amides is 1. The van der Waals surface area contributed by atoms with Gasteiger partial charge in [-0.25, -0.2) is 0 Å². The molecule has 6 heteroatoms. The minimum atomic E-state index is 0.0462. The minimum Gasteiger partial charge on any atom is -0.389 e. The van der Waals surface area contributed by atoms with Gasteiger partial charge in [-0.3, -0.25) is 4.79 Å². The maximum atomic E-state index is 11.7. The molecular weight excluding hydrogens is 290 g/mol. The Morgan fingerprint density at radius 1 is 1.55 bits per heavy atom. The SMILES string of the molecule is CCSc1cccc(N2CCCNC(=O)C2)c1C(N)=S. The smallest absolute Gasteiger partial charge is 0.239 e. The number of anilines is 1. The van der Waals surface area contributed by atoms with E-state index in [1.54, 1.807) is 11.8 Å². The molecule has 1 aliphatic rings. The number of carbonyl (C=O) groups excluding carboxylic acids is 1. The quantitative estimate of drug-likeness (QED) is 0.655. The number of rotatable bonds is 4. The lowest BCUT2D eigenvalue weighted by atomic mass is 10.1. The predicted octanol–water partition coefficient (Wildman–Crippen LogP) is 1.76. The van der Waals surface area contributed by atoms with E-state index >= 15 is 0 Å². The van der Waals surface area contributed by atoms with E-state index in [1.165, 1.54) is 0 Å². The zero-order valence-corrected chi connectivity index (χ0v) is 13.1. The van der Waals surface area contributed by atoms with E-state index in [0.717, 1.165) is 41.4 Å². The highest BCUT2D eigenvalue weighted by Gasteiger charge is 2.20. The molecule has 1 aromatic carbocycles. The lowest BCUT2D eigenvalue weighted by Crippen LogP contribution is -2.34. The van der Waals surface area contributed by atoms with Gasteiger partial charge in [0.05, 0.1) is 6.54 Å². The van der Waals surface area contributed by atoms with Crippen LogP contribution in [0.1, 0.15) is 18.9 Å². The Balaban J connectivity index is 2.41. The summed E-state index contributed by atoms with van der Waals surface area (Å²) in [5, 5.41) is 2.88. The number of carbonyl (C=O) groups is 1. The van der Waals surface area contributed by atoms with E-state index in [0.29, 0.717) is 11.5 Å². The van der Waals surface area contributed by atoms with Crippen molar-refractivity contribution in [1.82, 2.24) is 5.32 Å². The lowest BCUT2D eigenvalue weighted by Gasteiger charge is -2.25. The van der Waals surface area contributed by atoms with E-state index in [4.69, 9.17) is 18.0 Å². The van der Waals surface area contributed by atoms with Gasteiger partial charge < -0.3 is 16.0 Å². The molecule has 20 heavy (non-hydrogen) atoms. The summed E-state index contributed by atoms with van der Waals surface area (Å²) in [7, 11) is 0. The summed E-state index contributed by atoms with van der Waals surface area (Å²) in [5.74, 6) is 1.00. The van der Waals surface area contributed by atoms with E-state index in [-0.39, 0.29) is 5.91 Å². The number of hydrogen-bond donors (Lipinski definition) is 2. The largest absolute Gasteiger partial charge is 0.389 e. The van der Waals surface area contributed by atoms with Gasteiger partial charge in [-0.2, -0.15) is 0 Å². The third-order valence-corrected chi connectivity index (χ3v) is 4.30. The van der Waals surface area contributed by atoms with Gasteiger partial charge >= 0.3 is 0 Å². The molecule has 1 aromatic rings. The van der Waals surface area contributed by atoms with Crippen molar-refractivity contribution in [1.29, 1.82) is 0 Å². The summed E-state index contributed by atoms with van der Waals surface area (Å²) in [4.78, 5) is 15.3. The zero-order chi connectivity index (χ0) is 14.5. The fraction of sp³-hybridized carbons (Fsp3) is 0.429. The lowest BCUT2D eigenvalue weighted by molar-refractivity contribution is -0.119. The van der Waals surface area contributed by atoms with Crippen LogP contribution in [0.15, 0.2) is 23.1 Å². The first-order valence-corrected chi connectivity index (χ1v) is 8.10. The van der Waals surface area contributed by atoms with Gasteiger partial charge in [-0.1, -0.05) is 25.2 Å². The summed E-state index contributed by atoms with van der Waals surface area (Å²) in [6.45, 7) is 4.01. The summed E-state index contributed by atoms with van der Waals surface area (Å²) in [5.41, 5.74) is 7.78. The summed E-state index contributed by atoms with van der Waals surface area (Å²) in [6, 6.07) is 6.02. The fourth-order valence-electron chi connectivity index (χ4n) is 2.32. The van der Waals surface area contributed by atoms with Crippen LogP contribution in [-0.2, 0) is 4.79 Å². The molecule has 0 saturated carbocycles. The Kier molecular flexibility index (Phi) is 5.25. The normalized spacial score (nSPS) is 15.7. The van der Waals surface area contributed by atoms with Gasteiger partial charge in [0.15, 0.2) is 0 Å². The molecule has 1 saturated heterocycles. The molecule has 0 atom stereocenters. The Labute approximate surface area is 129 Å². The monoisotopic (exact) mass is 309 g/mol. The molecule has 1 fully saturated rings. The van der Waals surface area contributed by atoms with Crippen molar-refractivity contribution in [2.45, 2.75) is 18.2 Å². The Morgan fingerprint density at radius 2 is 2.35 bits per heavy atom. The molecule has 4 nitrogen and oxygen atoms in total. The van der Waals surface area contributed by atoms with Gasteiger partial charge in [-0.15, -0.1) is 11.8 Å². The molecule has 0 aliphatic carbocycles. The van der Waals surface area contributed by atoms with E-state index in [2.05, 4.69) is 17.1 Å². The highest BCUT2D eigenvalue weighted by atomic mass is 32.2. The highest BCUT2D eigenvalue weighted by molar-refractivity contribution is 7.99. The van der Waals surface area contributed by atoms with Crippen LogP contribution in [0, 0.1) is 0 Å². The molecule has 0 radical (unpaired) electrons. The number of benzene rings is 1. The second-order valence-electron chi connectivity index (χ2n) is 4.57. The first-order valence-electron chi connectivity index (χ1n) is 6.70. The predicted molar refractivity (Wildman–Crippen MR) is 88.6 cm³/mol. The van der Waals surface area contributed by atoms with Gasteiger partial charge in [0.25, 0.3) is 0 Å². The fourth-order valence-corrected chi connectivity index (χ4v) is 3.44. The van der Waals surface area contributed by atoms with E-state index < -0.39 is 0 Å². The summed E-state index contributed by atoms with van der Waals surface area (Å²) >= 11 is 6.94. The maximum Gasteiger partial charge on any atom is 0.239 e. The standard InChI is InChI=1S/C14H19N3OS2/c1-2-20-11-6-3-5-10(13(11)14(15)19)17-8-4-7-16-12(18)9-17/h3,5-6H,2,4,7-9H2,1H3,(H2,15,19)(H,16,18). The Morgan fingerprint density at radius 3 is 3.05 bits per heavy atom. The Bertz CT molecular complexity index is 519. The van der Waals surface area contributed by atoms with Gasteiger partial charge in [0.1, 0.15) is 4.99 Å².